The van der Waals surface area contributed by atoms with Gasteiger partial charge in [0.05, 0.1) is 6.10 Å². The normalized spacial score (nSPS) is 12.6. The molecule has 4 nitrogen and oxygen atoms in total. The predicted octanol–water partition coefficient (Wildman–Crippen LogP) is 2.46. The lowest BCUT2D eigenvalue weighted by Crippen LogP contribution is -2.16. The number of carbonyl (C=O) groups excluding carboxylic acids is 1. The molecule has 0 bridgehead atoms. The first-order valence-corrected chi connectivity index (χ1v) is 6.81. The van der Waals surface area contributed by atoms with E-state index in [9.17, 15) is 14.3 Å². The molecule has 1 unspecified atom stereocenters. The molecular weight excluding hydrogens is 271 g/mol. The van der Waals surface area contributed by atoms with Crippen LogP contribution in [-0.2, 0) is 6.54 Å². The summed E-state index contributed by atoms with van der Waals surface area (Å²) in [5.74, 6) is -0.882. The van der Waals surface area contributed by atoms with E-state index in [4.69, 9.17) is 5.73 Å². The van der Waals surface area contributed by atoms with Crippen LogP contribution in [0.5, 0.6) is 0 Å². The number of carbonyl (C=O) groups is 1. The molecule has 0 radical (unpaired) electrons. The summed E-state index contributed by atoms with van der Waals surface area (Å²) in [7, 11) is 0. The second-order valence-electron chi connectivity index (χ2n) is 5.47. The first-order chi connectivity index (χ1) is 9.88. The molecule has 2 rings (SSSR count). The molecule has 0 saturated heterocycles. The van der Waals surface area contributed by atoms with E-state index in [2.05, 4.69) is 0 Å². The average molecular weight is 290 g/mol. The lowest BCUT2D eigenvalue weighted by atomic mass is 10.0. The van der Waals surface area contributed by atoms with Crippen LogP contribution >= 0.6 is 0 Å². The van der Waals surface area contributed by atoms with Gasteiger partial charge in [0.1, 0.15) is 11.5 Å². The van der Waals surface area contributed by atoms with Gasteiger partial charge in [-0.25, -0.2) is 4.39 Å². The Morgan fingerprint density at radius 1 is 1.38 bits per heavy atom. The van der Waals surface area contributed by atoms with E-state index in [1.165, 1.54) is 12.1 Å². The van der Waals surface area contributed by atoms with E-state index in [1.54, 1.807) is 29.0 Å². The van der Waals surface area contributed by atoms with Crippen molar-refractivity contribution in [2.45, 2.75) is 26.5 Å². The van der Waals surface area contributed by atoms with Gasteiger partial charge in [0.25, 0.3) is 5.91 Å². The molecule has 112 valence electrons. The van der Waals surface area contributed by atoms with E-state index in [-0.39, 0.29) is 11.7 Å². The number of nitrogens with zero attached hydrogens (tertiary/aromatic N) is 1. The minimum Gasteiger partial charge on any atom is -0.388 e. The van der Waals surface area contributed by atoms with Crippen molar-refractivity contribution in [1.29, 1.82) is 0 Å². The van der Waals surface area contributed by atoms with Crippen molar-refractivity contribution in [1.82, 2.24) is 4.57 Å². The Bertz CT molecular complexity index is 649. The zero-order valence-corrected chi connectivity index (χ0v) is 12.1. The first-order valence-electron chi connectivity index (χ1n) is 6.81. The van der Waals surface area contributed by atoms with E-state index in [0.29, 0.717) is 17.8 Å². The lowest BCUT2D eigenvalue weighted by molar-refractivity contribution is 0.0992. The molecule has 1 heterocycles. The fourth-order valence-corrected chi connectivity index (χ4v) is 2.25. The smallest absolute Gasteiger partial charge is 0.265 e. The zero-order valence-electron chi connectivity index (χ0n) is 12.1. The van der Waals surface area contributed by atoms with Crippen molar-refractivity contribution >= 4 is 5.91 Å². The number of amides is 1. The van der Waals surface area contributed by atoms with Crippen molar-refractivity contribution < 1.29 is 14.3 Å². The standard InChI is InChI=1S/C16H19FN2O2/c1-10(2)15(20)12-7-14(16(18)21)19(9-12)8-11-4-3-5-13(17)6-11/h3-7,9-10,15,20H,8H2,1-2H3,(H2,18,21). The Balaban J connectivity index is 2.35. The molecule has 0 aliphatic heterocycles. The molecule has 1 amide bonds. The fraction of sp³-hybridized carbons (Fsp3) is 0.312. The van der Waals surface area contributed by atoms with Gasteiger partial charge in [-0.2, -0.15) is 0 Å². The average Bonchev–Trinajstić information content (AvgIpc) is 2.81. The quantitative estimate of drug-likeness (QED) is 0.888. The molecule has 3 N–H and O–H groups in total. The van der Waals surface area contributed by atoms with Crippen molar-refractivity contribution in [2.75, 3.05) is 0 Å². The van der Waals surface area contributed by atoms with Gasteiger partial charge in [0, 0.05) is 12.7 Å². The van der Waals surface area contributed by atoms with Crippen LogP contribution in [0.2, 0.25) is 0 Å². The third kappa shape index (κ3) is 3.49. The van der Waals surface area contributed by atoms with Crippen LogP contribution in [0.25, 0.3) is 0 Å². The van der Waals surface area contributed by atoms with Crippen molar-refractivity contribution in [2.24, 2.45) is 11.7 Å². The van der Waals surface area contributed by atoms with Crippen molar-refractivity contribution in [3.63, 3.8) is 0 Å². The van der Waals surface area contributed by atoms with E-state index >= 15 is 0 Å². The van der Waals surface area contributed by atoms with Crippen LogP contribution in [0.4, 0.5) is 4.39 Å². The summed E-state index contributed by atoms with van der Waals surface area (Å²) in [6, 6.07) is 7.74. The summed E-state index contributed by atoms with van der Waals surface area (Å²) in [6.45, 7) is 4.10. The number of nitrogens with two attached hydrogens (primary N) is 1. The lowest BCUT2D eigenvalue weighted by Gasteiger charge is -2.12. The Morgan fingerprint density at radius 2 is 2.10 bits per heavy atom. The highest BCUT2D eigenvalue weighted by molar-refractivity contribution is 5.91. The van der Waals surface area contributed by atoms with Crippen molar-refractivity contribution in [3.05, 3.63) is 59.2 Å². The molecule has 1 aromatic carbocycles. The molecule has 2 aromatic rings. The second kappa shape index (κ2) is 6.10. The highest BCUT2D eigenvalue weighted by Gasteiger charge is 2.18. The van der Waals surface area contributed by atoms with Gasteiger partial charge in [-0.15, -0.1) is 0 Å². The predicted molar refractivity (Wildman–Crippen MR) is 78.2 cm³/mol. The maximum Gasteiger partial charge on any atom is 0.265 e. The summed E-state index contributed by atoms with van der Waals surface area (Å²) in [5, 5.41) is 10.1. The minimum absolute atomic E-state index is 0.0238. The van der Waals surface area contributed by atoms with Crippen LogP contribution < -0.4 is 5.73 Å². The second-order valence-corrected chi connectivity index (χ2v) is 5.47. The largest absolute Gasteiger partial charge is 0.388 e. The SMILES string of the molecule is CC(C)C(O)c1cc(C(N)=O)n(Cc2cccc(F)c2)c1. The van der Waals surface area contributed by atoms with Gasteiger partial charge in [-0.1, -0.05) is 26.0 Å². The van der Waals surface area contributed by atoms with Crippen LogP contribution in [0, 0.1) is 11.7 Å². The van der Waals surface area contributed by atoms with Crippen molar-refractivity contribution in [3.8, 4) is 0 Å². The summed E-state index contributed by atoms with van der Waals surface area (Å²) in [4.78, 5) is 11.5. The number of aliphatic hydroxyl groups is 1. The van der Waals surface area contributed by atoms with E-state index in [0.717, 1.165) is 5.56 Å². The van der Waals surface area contributed by atoms with Crippen LogP contribution in [0.3, 0.4) is 0 Å². The van der Waals surface area contributed by atoms with Gasteiger partial charge < -0.3 is 15.4 Å². The zero-order chi connectivity index (χ0) is 15.6. The van der Waals surface area contributed by atoms with Gasteiger partial charge in [-0.05, 0) is 35.2 Å². The summed E-state index contributed by atoms with van der Waals surface area (Å²) in [6.07, 6.45) is 1.02. The maximum absolute atomic E-state index is 13.2. The number of halogens is 1. The topological polar surface area (TPSA) is 68.2 Å². The summed E-state index contributed by atoms with van der Waals surface area (Å²) >= 11 is 0. The van der Waals surface area contributed by atoms with E-state index < -0.39 is 12.0 Å². The van der Waals surface area contributed by atoms with Gasteiger partial charge in [0.2, 0.25) is 0 Å². The Kier molecular flexibility index (Phi) is 4.43. The number of primary amides is 1. The maximum atomic E-state index is 13.2. The molecule has 21 heavy (non-hydrogen) atoms. The molecule has 1 atom stereocenters. The fourth-order valence-electron chi connectivity index (χ4n) is 2.25. The van der Waals surface area contributed by atoms with E-state index in [1.807, 2.05) is 13.8 Å². The summed E-state index contributed by atoms with van der Waals surface area (Å²) in [5.41, 5.74) is 7.03. The molecule has 0 aliphatic carbocycles. The molecule has 5 heteroatoms. The molecule has 0 aliphatic rings. The number of hydrogen-bond donors (Lipinski definition) is 2. The van der Waals surface area contributed by atoms with Gasteiger partial charge >= 0.3 is 0 Å². The highest BCUT2D eigenvalue weighted by atomic mass is 19.1. The minimum atomic E-state index is -0.670. The first kappa shape index (κ1) is 15.3. The third-order valence-electron chi connectivity index (χ3n) is 3.39. The number of aliphatic hydroxyl groups excluding tert-OH is 1. The molecule has 0 fully saturated rings. The van der Waals surface area contributed by atoms with Crippen LogP contribution in [-0.4, -0.2) is 15.6 Å². The molecular formula is C16H19FN2O2. The molecule has 0 spiro atoms. The number of aromatic nitrogens is 1. The molecule has 1 aromatic heterocycles. The monoisotopic (exact) mass is 290 g/mol. The highest BCUT2D eigenvalue weighted by Crippen LogP contribution is 2.24. The van der Waals surface area contributed by atoms with Crippen LogP contribution in [0.15, 0.2) is 36.5 Å². The van der Waals surface area contributed by atoms with Gasteiger partial charge in [-0.3, -0.25) is 4.79 Å². The third-order valence-corrected chi connectivity index (χ3v) is 3.39. The Labute approximate surface area is 123 Å². The van der Waals surface area contributed by atoms with Gasteiger partial charge in [0.15, 0.2) is 0 Å². The summed E-state index contributed by atoms with van der Waals surface area (Å²) < 4.78 is 14.9. The molecule has 0 saturated carbocycles. The van der Waals surface area contributed by atoms with Crippen LogP contribution in [0.1, 0.15) is 41.6 Å². The number of hydrogen-bond acceptors (Lipinski definition) is 2. The number of rotatable bonds is 5. The Morgan fingerprint density at radius 3 is 2.67 bits per heavy atom. The Hall–Kier alpha value is -2.14. The number of benzene rings is 1.